The molecule has 31 heavy (non-hydrogen) atoms. The highest BCUT2D eigenvalue weighted by atomic mass is 32.2. The van der Waals surface area contributed by atoms with E-state index < -0.39 is 10.0 Å². The van der Waals surface area contributed by atoms with Gasteiger partial charge in [0.1, 0.15) is 0 Å². The van der Waals surface area contributed by atoms with E-state index in [1.165, 1.54) is 10.6 Å². The van der Waals surface area contributed by atoms with Gasteiger partial charge in [-0.25, -0.2) is 13.8 Å². The molecule has 0 aromatic heterocycles. The number of carbonyl (C=O) groups excluding carboxylic acids is 1. The lowest BCUT2D eigenvalue weighted by atomic mass is 10.1. The molecule has 0 radical (unpaired) electrons. The number of hydrogen-bond acceptors (Lipinski definition) is 4. The molecule has 0 fully saturated rings. The minimum Gasteiger partial charge on any atom is -0.267 e. The van der Waals surface area contributed by atoms with Crippen LogP contribution < -0.4 is 9.73 Å². The minimum atomic E-state index is -3.51. The van der Waals surface area contributed by atoms with E-state index in [2.05, 4.69) is 10.5 Å². The van der Waals surface area contributed by atoms with Crippen LogP contribution in [0.1, 0.15) is 34.0 Å². The summed E-state index contributed by atoms with van der Waals surface area (Å²) in [6, 6.07) is 23.6. The standard InChI is InChI=1S/C24H25N3O3S/c1-18-9-7-8-12-22(18)17-27(31(3,29)30)23-15-13-21(14-16-23)24(28)26-25-19(2)20-10-5-4-6-11-20/h4-16H,17H2,1-3H3,(H,26,28)/b25-19-. The number of rotatable bonds is 7. The fraction of sp³-hybridized carbons (Fsp3) is 0.167. The Balaban J connectivity index is 1.77. The highest BCUT2D eigenvalue weighted by Crippen LogP contribution is 2.22. The maximum absolute atomic E-state index is 12.4. The molecule has 6 nitrogen and oxygen atoms in total. The van der Waals surface area contributed by atoms with Crippen molar-refractivity contribution in [3.8, 4) is 0 Å². The molecule has 1 amide bonds. The van der Waals surface area contributed by atoms with E-state index >= 15 is 0 Å². The highest BCUT2D eigenvalue weighted by Gasteiger charge is 2.19. The smallest absolute Gasteiger partial charge is 0.267 e. The normalized spacial score (nSPS) is 11.8. The molecule has 0 saturated heterocycles. The number of sulfonamides is 1. The number of anilines is 1. The summed E-state index contributed by atoms with van der Waals surface area (Å²) >= 11 is 0. The van der Waals surface area contributed by atoms with Crippen molar-refractivity contribution in [2.75, 3.05) is 10.6 Å². The summed E-state index contributed by atoms with van der Waals surface area (Å²) in [6.07, 6.45) is 1.17. The van der Waals surface area contributed by atoms with Crippen molar-refractivity contribution in [3.63, 3.8) is 0 Å². The molecule has 0 saturated carbocycles. The van der Waals surface area contributed by atoms with Crippen LogP contribution in [0.5, 0.6) is 0 Å². The van der Waals surface area contributed by atoms with Gasteiger partial charge in [0.25, 0.3) is 5.91 Å². The Labute approximate surface area is 183 Å². The first-order chi connectivity index (χ1) is 14.8. The zero-order valence-electron chi connectivity index (χ0n) is 17.7. The van der Waals surface area contributed by atoms with Gasteiger partial charge in [-0.1, -0.05) is 54.6 Å². The second-order valence-corrected chi connectivity index (χ2v) is 9.15. The molecule has 0 aliphatic heterocycles. The Hall–Kier alpha value is -3.45. The molecular weight excluding hydrogens is 410 g/mol. The average molecular weight is 436 g/mol. The van der Waals surface area contributed by atoms with E-state index in [-0.39, 0.29) is 12.5 Å². The number of carbonyl (C=O) groups is 1. The number of benzene rings is 3. The van der Waals surface area contributed by atoms with Crippen LogP contribution in [0.15, 0.2) is 84.0 Å². The molecule has 0 unspecified atom stereocenters. The fourth-order valence-electron chi connectivity index (χ4n) is 3.06. The molecule has 0 aliphatic rings. The Morgan fingerprint density at radius 1 is 0.903 bits per heavy atom. The van der Waals surface area contributed by atoms with Gasteiger partial charge in [-0.2, -0.15) is 5.10 Å². The van der Waals surface area contributed by atoms with E-state index in [1.54, 1.807) is 24.3 Å². The number of amides is 1. The Morgan fingerprint density at radius 3 is 2.13 bits per heavy atom. The lowest BCUT2D eigenvalue weighted by Crippen LogP contribution is -2.29. The maximum Gasteiger partial charge on any atom is 0.271 e. The van der Waals surface area contributed by atoms with Crippen LogP contribution in [0, 0.1) is 6.92 Å². The molecule has 3 aromatic carbocycles. The van der Waals surface area contributed by atoms with Gasteiger partial charge in [0.05, 0.1) is 24.2 Å². The van der Waals surface area contributed by atoms with Crippen molar-refractivity contribution >= 4 is 27.3 Å². The third-order valence-electron chi connectivity index (χ3n) is 4.91. The van der Waals surface area contributed by atoms with Crippen molar-refractivity contribution < 1.29 is 13.2 Å². The van der Waals surface area contributed by atoms with Crippen molar-refractivity contribution in [3.05, 3.63) is 101 Å². The number of nitrogens with one attached hydrogen (secondary N) is 1. The predicted molar refractivity (Wildman–Crippen MR) is 125 cm³/mol. The highest BCUT2D eigenvalue weighted by molar-refractivity contribution is 7.92. The van der Waals surface area contributed by atoms with Gasteiger partial charge < -0.3 is 0 Å². The largest absolute Gasteiger partial charge is 0.271 e. The number of hydrogen-bond donors (Lipinski definition) is 1. The first-order valence-electron chi connectivity index (χ1n) is 9.78. The minimum absolute atomic E-state index is 0.220. The zero-order chi connectivity index (χ0) is 22.4. The predicted octanol–water partition coefficient (Wildman–Crippen LogP) is 4.12. The van der Waals surface area contributed by atoms with Crippen molar-refractivity contribution in [1.82, 2.24) is 5.43 Å². The van der Waals surface area contributed by atoms with Gasteiger partial charge in [-0.15, -0.1) is 0 Å². The Kier molecular flexibility index (Phi) is 6.87. The first kappa shape index (κ1) is 22.2. The van der Waals surface area contributed by atoms with E-state index in [0.29, 0.717) is 17.0 Å². The summed E-state index contributed by atoms with van der Waals surface area (Å²) in [5.74, 6) is -0.369. The third kappa shape index (κ3) is 5.79. The van der Waals surface area contributed by atoms with Crippen LogP contribution >= 0.6 is 0 Å². The molecule has 1 N–H and O–H groups in total. The monoisotopic (exact) mass is 435 g/mol. The molecule has 0 aliphatic carbocycles. The lowest BCUT2D eigenvalue weighted by Gasteiger charge is -2.23. The zero-order valence-corrected chi connectivity index (χ0v) is 18.6. The van der Waals surface area contributed by atoms with Crippen LogP contribution in [0.25, 0.3) is 0 Å². The molecule has 160 valence electrons. The lowest BCUT2D eigenvalue weighted by molar-refractivity contribution is 0.0955. The molecule has 0 spiro atoms. The van der Waals surface area contributed by atoms with Crippen LogP contribution in [0.2, 0.25) is 0 Å². The third-order valence-corrected chi connectivity index (χ3v) is 6.05. The van der Waals surface area contributed by atoms with Gasteiger partial charge in [-0.05, 0) is 54.8 Å². The van der Waals surface area contributed by atoms with Gasteiger partial charge in [0.15, 0.2) is 0 Å². The van der Waals surface area contributed by atoms with Crippen LogP contribution in [0.4, 0.5) is 5.69 Å². The molecule has 0 heterocycles. The van der Waals surface area contributed by atoms with E-state index in [9.17, 15) is 13.2 Å². The Morgan fingerprint density at radius 2 is 1.52 bits per heavy atom. The topological polar surface area (TPSA) is 78.8 Å². The van der Waals surface area contributed by atoms with Crippen molar-refractivity contribution in [2.24, 2.45) is 5.10 Å². The van der Waals surface area contributed by atoms with E-state index in [4.69, 9.17) is 0 Å². The summed E-state index contributed by atoms with van der Waals surface area (Å²) in [6.45, 7) is 3.98. The van der Waals surface area contributed by atoms with Crippen molar-refractivity contribution in [2.45, 2.75) is 20.4 Å². The first-order valence-corrected chi connectivity index (χ1v) is 11.6. The van der Waals surface area contributed by atoms with Gasteiger partial charge in [-0.3, -0.25) is 9.10 Å². The van der Waals surface area contributed by atoms with Gasteiger partial charge in [0.2, 0.25) is 10.0 Å². The molecule has 0 bridgehead atoms. The average Bonchev–Trinajstić information content (AvgIpc) is 2.76. The van der Waals surface area contributed by atoms with Crippen LogP contribution in [0.3, 0.4) is 0 Å². The van der Waals surface area contributed by atoms with Crippen LogP contribution in [-0.4, -0.2) is 26.3 Å². The summed E-state index contributed by atoms with van der Waals surface area (Å²) in [7, 11) is -3.51. The molecular formula is C24H25N3O3S. The molecule has 0 atom stereocenters. The molecule has 7 heteroatoms. The molecule has 3 rings (SSSR count). The summed E-state index contributed by atoms with van der Waals surface area (Å²) in [5.41, 5.74) is 6.95. The second kappa shape index (κ2) is 9.57. The Bertz CT molecular complexity index is 1190. The number of aryl methyl sites for hydroxylation is 1. The maximum atomic E-state index is 12.4. The quantitative estimate of drug-likeness (QED) is 0.448. The SMILES string of the molecule is C/C(=N/NC(=O)c1ccc(N(Cc2ccccc2C)S(C)(=O)=O)cc1)c1ccccc1. The summed E-state index contributed by atoms with van der Waals surface area (Å²) in [5, 5.41) is 4.14. The van der Waals surface area contributed by atoms with Gasteiger partial charge >= 0.3 is 0 Å². The number of hydrazone groups is 1. The molecule has 3 aromatic rings. The van der Waals surface area contributed by atoms with Gasteiger partial charge in [0, 0.05) is 5.56 Å². The number of nitrogens with zero attached hydrogens (tertiary/aromatic N) is 2. The van der Waals surface area contributed by atoms with Crippen molar-refractivity contribution in [1.29, 1.82) is 0 Å². The summed E-state index contributed by atoms with van der Waals surface area (Å²) in [4.78, 5) is 12.4. The fourth-order valence-corrected chi connectivity index (χ4v) is 3.94. The summed E-state index contributed by atoms with van der Waals surface area (Å²) < 4.78 is 26.1. The van der Waals surface area contributed by atoms with E-state index in [0.717, 1.165) is 16.7 Å². The van der Waals surface area contributed by atoms with Crippen LogP contribution in [-0.2, 0) is 16.6 Å². The van der Waals surface area contributed by atoms with E-state index in [1.807, 2.05) is 68.4 Å². The second-order valence-electron chi connectivity index (χ2n) is 7.25.